The number of carbonyl (C=O) groups excluding carboxylic acids is 1. The molecule has 0 heterocycles. The monoisotopic (exact) mass is 295 g/mol. The van der Waals surface area contributed by atoms with Gasteiger partial charge in [-0.25, -0.2) is 8.78 Å². The number of hydrogen-bond acceptors (Lipinski definition) is 1. The average molecular weight is 296 g/mol. The molecule has 2 aromatic carbocycles. The standard InChI is InChI=1S/C15H12ClF2NO/c16-12-4-1-11(2-5-12)15(20)19-8-7-10-3-6-13(17)9-14(10)18/h1-6,9H,7-8H2,(H,19,20). The first-order chi connectivity index (χ1) is 9.56. The van der Waals surface area contributed by atoms with Gasteiger partial charge in [0.2, 0.25) is 0 Å². The van der Waals surface area contributed by atoms with E-state index in [0.29, 0.717) is 22.6 Å². The highest BCUT2D eigenvalue weighted by atomic mass is 35.5. The lowest BCUT2D eigenvalue weighted by molar-refractivity contribution is 0.0954. The molecule has 0 aliphatic rings. The van der Waals surface area contributed by atoms with Crippen LogP contribution in [0.15, 0.2) is 42.5 Å². The van der Waals surface area contributed by atoms with Gasteiger partial charge in [0.15, 0.2) is 0 Å². The van der Waals surface area contributed by atoms with Gasteiger partial charge < -0.3 is 5.32 Å². The molecule has 1 amide bonds. The molecule has 0 atom stereocenters. The predicted molar refractivity (Wildman–Crippen MR) is 73.8 cm³/mol. The summed E-state index contributed by atoms with van der Waals surface area (Å²) in [4.78, 5) is 11.8. The Kier molecular flexibility index (Phi) is 4.69. The Hall–Kier alpha value is -1.94. The molecule has 5 heteroatoms. The maximum atomic E-state index is 13.4. The van der Waals surface area contributed by atoms with E-state index in [1.807, 2.05) is 0 Å². The summed E-state index contributed by atoms with van der Waals surface area (Å²) in [7, 11) is 0. The third kappa shape index (κ3) is 3.78. The highest BCUT2D eigenvalue weighted by molar-refractivity contribution is 6.30. The molecule has 0 aliphatic carbocycles. The molecule has 2 aromatic rings. The molecule has 0 saturated carbocycles. The van der Waals surface area contributed by atoms with Gasteiger partial charge in [-0.1, -0.05) is 17.7 Å². The van der Waals surface area contributed by atoms with Crippen molar-refractivity contribution in [2.75, 3.05) is 6.54 Å². The lowest BCUT2D eigenvalue weighted by Crippen LogP contribution is -2.25. The summed E-state index contributed by atoms with van der Waals surface area (Å²) in [5.74, 6) is -1.48. The molecule has 0 saturated heterocycles. The van der Waals surface area contributed by atoms with Crippen molar-refractivity contribution in [3.05, 3.63) is 70.2 Å². The van der Waals surface area contributed by atoms with Crippen LogP contribution in [0.3, 0.4) is 0 Å². The number of amides is 1. The van der Waals surface area contributed by atoms with Gasteiger partial charge in [-0.3, -0.25) is 4.79 Å². The minimum Gasteiger partial charge on any atom is -0.352 e. The van der Waals surface area contributed by atoms with Crippen LogP contribution in [0.2, 0.25) is 5.02 Å². The van der Waals surface area contributed by atoms with Crippen LogP contribution in [0, 0.1) is 11.6 Å². The van der Waals surface area contributed by atoms with Crippen molar-refractivity contribution in [1.29, 1.82) is 0 Å². The first kappa shape index (κ1) is 14.5. The second kappa shape index (κ2) is 6.48. The van der Waals surface area contributed by atoms with Gasteiger partial charge >= 0.3 is 0 Å². The second-order valence-corrected chi connectivity index (χ2v) is 4.68. The van der Waals surface area contributed by atoms with Crippen LogP contribution in [0.5, 0.6) is 0 Å². The molecule has 0 radical (unpaired) electrons. The van der Waals surface area contributed by atoms with Crippen molar-refractivity contribution in [3.63, 3.8) is 0 Å². The molecule has 0 fully saturated rings. The van der Waals surface area contributed by atoms with Crippen molar-refractivity contribution in [2.24, 2.45) is 0 Å². The number of benzene rings is 2. The molecule has 1 N–H and O–H groups in total. The number of rotatable bonds is 4. The topological polar surface area (TPSA) is 29.1 Å². The zero-order valence-corrected chi connectivity index (χ0v) is 11.3. The third-order valence-corrected chi connectivity index (χ3v) is 3.05. The van der Waals surface area contributed by atoms with Gasteiger partial charge in [-0.05, 0) is 42.3 Å². The summed E-state index contributed by atoms with van der Waals surface area (Å²) in [5.41, 5.74) is 0.844. The van der Waals surface area contributed by atoms with E-state index in [0.717, 1.165) is 6.07 Å². The van der Waals surface area contributed by atoms with Crippen LogP contribution in [0.25, 0.3) is 0 Å². The first-order valence-electron chi connectivity index (χ1n) is 6.04. The number of hydrogen-bond donors (Lipinski definition) is 1. The van der Waals surface area contributed by atoms with Crippen molar-refractivity contribution >= 4 is 17.5 Å². The SMILES string of the molecule is O=C(NCCc1ccc(F)cc1F)c1ccc(Cl)cc1. The molecule has 2 nitrogen and oxygen atoms in total. The third-order valence-electron chi connectivity index (χ3n) is 2.80. The summed E-state index contributed by atoms with van der Waals surface area (Å²) in [5, 5.41) is 3.22. The summed E-state index contributed by atoms with van der Waals surface area (Å²) in [6.45, 7) is 0.268. The van der Waals surface area contributed by atoms with Crippen molar-refractivity contribution < 1.29 is 13.6 Å². The average Bonchev–Trinajstić information content (AvgIpc) is 2.42. The Morgan fingerprint density at radius 3 is 2.45 bits per heavy atom. The fraction of sp³-hybridized carbons (Fsp3) is 0.133. The molecule has 20 heavy (non-hydrogen) atoms. The van der Waals surface area contributed by atoms with E-state index in [4.69, 9.17) is 11.6 Å². The highest BCUT2D eigenvalue weighted by Crippen LogP contribution is 2.11. The summed E-state index contributed by atoms with van der Waals surface area (Å²) >= 11 is 5.73. The van der Waals surface area contributed by atoms with Crippen LogP contribution in [0.1, 0.15) is 15.9 Å². The quantitative estimate of drug-likeness (QED) is 0.917. The van der Waals surface area contributed by atoms with E-state index in [2.05, 4.69) is 5.32 Å². The Morgan fingerprint density at radius 1 is 1.10 bits per heavy atom. The van der Waals surface area contributed by atoms with Crippen LogP contribution in [0.4, 0.5) is 8.78 Å². The molecule has 0 unspecified atom stereocenters. The largest absolute Gasteiger partial charge is 0.352 e. The maximum Gasteiger partial charge on any atom is 0.251 e. The van der Waals surface area contributed by atoms with E-state index in [9.17, 15) is 13.6 Å². The molecule has 2 rings (SSSR count). The van der Waals surface area contributed by atoms with Gasteiger partial charge in [0.25, 0.3) is 5.91 Å². The highest BCUT2D eigenvalue weighted by Gasteiger charge is 2.07. The first-order valence-corrected chi connectivity index (χ1v) is 6.42. The zero-order chi connectivity index (χ0) is 14.5. The van der Waals surface area contributed by atoms with E-state index in [-0.39, 0.29) is 12.5 Å². The van der Waals surface area contributed by atoms with Crippen LogP contribution in [-0.2, 0) is 6.42 Å². The lowest BCUT2D eigenvalue weighted by atomic mass is 10.1. The van der Waals surface area contributed by atoms with E-state index in [1.54, 1.807) is 24.3 Å². The van der Waals surface area contributed by atoms with Gasteiger partial charge in [0.05, 0.1) is 0 Å². The molecule has 0 aliphatic heterocycles. The fourth-order valence-electron chi connectivity index (χ4n) is 1.74. The molecular formula is C15H12ClF2NO. The van der Waals surface area contributed by atoms with Crippen LogP contribution in [-0.4, -0.2) is 12.5 Å². The fourth-order valence-corrected chi connectivity index (χ4v) is 1.86. The van der Waals surface area contributed by atoms with Gasteiger partial charge in [-0.2, -0.15) is 0 Å². The van der Waals surface area contributed by atoms with Gasteiger partial charge in [-0.15, -0.1) is 0 Å². The minimum atomic E-state index is -0.614. The summed E-state index contributed by atoms with van der Waals surface area (Å²) in [6, 6.07) is 9.85. The Labute approximate surface area is 120 Å². The van der Waals surface area contributed by atoms with E-state index >= 15 is 0 Å². The van der Waals surface area contributed by atoms with Gasteiger partial charge in [0.1, 0.15) is 11.6 Å². The molecular weight excluding hydrogens is 284 g/mol. The van der Waals surface area contributed by atoms with Crippen molar-refractivity contribution in [3.8, 4) is 0 Å². The summed E-state index contributed by atoms with van der Waals surface area (Å²) in [6.07, 6.45) is 0.297. The number of nitrogens with one attached hydrogen (secondary N) is 1. The lowest BCUT2D eigenvalue weighted by Gasteiger charge is -2.06. The summed E-state index contributed by atoms with van der Waals surface area (Å²) < 4.78 is 26.1. The van der Waals surface area contributed by atoms with Crippen LogP contribution < -0.4 is 5.32 Å². The molecule has 0 aromatic heterocycles. The molecule has 0 spiro atoms. The molecule has 0 bridgehead atoms. The number of halogens is 3. The normalized spacial score (nSPS) is 10.3. The maximum absolute atomic E-state index is 13.4. The Bertz CT molecular complexity index is 614. The Balaban J connectivity index is 1.89. The van der Waals surface area contributed by atoms with Crippen molar-refractivity contribution in [1.82, 2.24) is 5.32 Å². The smallest absolute Gasteiger partial charge is 0.251 e. The van der Waals surface area contributed by atoms with Crippen LogP contribution >= 0.6 is 11.6 Å². The zero-order valence-electron chi connectivity index (χ0n) is 10.5. The Morgan fingerprint density at radius 2 is 1.80 bits per heavy atom. The van der Waals surface area contributed by atoms with E-state index < -0.39 is 11.6 Å². The second-order valence-electron chi connectivity index (χ2n) is 4.25. The van der Waals surface area contributed by atoms with Crippen molar-refractivity contribution in [2.45, 2.75) is 6.42 Å². The van der Waals surface area contributed by atoms with E-state index in [1.165, 1.54) is 12.1 Å². The van der Waals surface area contributed by atoms with Gasteiger partial charge in [0, 0.05) is 23.2 Å². The predicted octanol–water partition coefficient (Wildman–Crippen LogP) is 3.59. The minimum absolute atomic E-state index is 0.260. The molecule has 104 valence electrons. The number of carbonyl (C=O) groups is 1.